The van der Waals surface area contributed by atoms with E-state index in [1.807, 2.05) is 11.3 Å². The highest BCUT2D eigenvalue weighted by atomic mass is 32.1. The summed E-state index contributed by atoms with van der Waals surface area (Å²) in [7, 11) is 0. The van der Waals surface area contributed by atoms with Crippen LogP contribution in [0.1, 0.15) is 42.2 Å². The quantitative estimate of drug-likeness (QED) is 0.930. The van der Waals surface area contributed by atoms with Gasteiger partial charge in [0.05, 0.1) is 12.1 Å². The van der Waals surface area contributed by atoms with Crippen LogP contribution in [0.4, 0.5) is 0 Å². The van der Waals surface area contributed by atoms with Crippen molar-refractivity contribution in [3.05, 3.63) is 21.9 Å². The van der Waals surface area contributed by atoms with Crippen LogP contribution in [0.15, 0.2) is 11.4 Å². The smallest absolute Gasteiger partial charge is 0.252 e. The number of carbonyl (C=O) groups excluding carboxylic acids is 1. The molecule has 0 aromatic carbocycles. The normalized spacial score (nSPS) is 32.2. The molecule has 1 aromatic heterocycles. The van der Waals surface area contributed by atoms with Crippen LogP contribution in [0.2, 0.25) is 0 Å². The van der Waals surface area contributed by atoms with Gasteiger partial charge in [0.15, 0.2) is 0 Å². The Hall–Kier alpha value is -0.910. The minimum Gasteiger partial charge on any atom is -0.364 e. The van der Waals surface area contributed by atoms with E-state index < -0.39 is 0 Å². The van der Waals surface area contributed by atoms with Gasteiger partial charge in [-0.05, 0) is 55.0 Å². The van der Waals surface area contributed by atoms with Crippen LogP contribution >= 0.6 is 11.3 Å². The Balaban J connectivity index is 1.55. The molecule has 0 radical (unpaired) electrons. The molecule has 1 saturated heterocycles. The van der Waals surface area contributed by atoms with E-state index in [0.717, 1.165) is 25.8 Å². The fraction of sp³-hybridized carbons (Fsp3) is 0.688. The molecule has 4 nitrogen and oxygen atoms in total. The van der Waals surface area contributed by atoms with E-state index >= 15 is 0 Å². The molecule has 0 bridgehead atoms. The molecule has 21 heavy (non-hydrogen) atoms. The lowest BCUT2D eigenvalue weighted by molar-refractivity contribution is -0.146. The summed E-state index contributed by atoms with van der Waals surface area (Å²) < 4.78 is 5.83. The highest BCUT2D eigenvalue weighted by Crippen LogP contribution is 2.48. The summed E-state index contributed by atoms with van der Waals surface area (Å²) in [6, 6.07) is 2.52. The first-order valence-corrected chi connectivity index (χ1v) is 8.88. The molecular formula is C16H22N2O2S. The van der Waals surface area contributed by atoms with Crippen LogP contribution in [0.3, 0.4) is 0 Å². The predicted molar refractivity (Wildman–Crippen MR) is 82.2 cm³/mol. The van der Waals surface area contributed by atoms with Gasteiger partial charge < -0.3 is 15.4 Å². The molecule has 3 heterocycles. The van der Waals surface area contributed by atoms with Gasteiger partial charge in [-0.15, -0.1) is 11.3 Å². The Labute approximate surface area is 129 Å². The second-order valence-electron chi connectivity index (χ2n) is 6.42. The van der Waals surface area contributed by atoms with Crippen molar-refractivity contribution >= 4 is 17.2 Å². The number of amides is 1. The molecule has 2 aliphatic heterocycles. The molecule has 4 rings (SSSR count). The van der Waals surface area contributed by atoms with Gasteiger partial charge in [-0.25, -0.2) is 0 Å². The Morgan fingerprint density at radius 3 is 2.95 bits per heavy atom. The van der Waals surface area contributed by atoms with Crippen LogP contribution in [-0.2, 0) is 16.0 Å². The van der Waals surface area contributed by atoms with Crippen LogP contribution < -0.4 is 5.73 Å². The lowest BCUT2D eigenvalue weighted by Crippen LogP contribution is -2.45. The van der Waals surface area contributed by atoms with Crippen molar-refractivity contribution in [2.45, 2.75) is 50.4 Å². The zero-order valence-corrected chi connectivity index (χ0v) is 13.0. The van der Waals surface area contributed by atoms with Gasteiger partial charge in [0.25, 0.3) is 5.91 Å². The maximum atomic E-state index is 12.9. The number of nitrogens with two attached hydrogens (primary N) is 1. The number of nitrogens with zero attached hydrogens (tertiary/aromatic N) is 1. The third kappa shape index (κ3) is 2.41. The average Bonchev–Trinajstić information content (AvgIpc) is 3.04. The van der Waals surface area contributed by atoms with Crippen molar-refractivity contribution in [2.75, 3.05) is 13.1 Å². The molecule has 2 N–H and O–H groups in total. The van der Waals surface area contributed by atoms with Gasteiger partial charge in [0.1, 0.15) is 6.10 Å². The van der Waals surface area contributed by atoms with Crippen molar-refractivity contribution in [2.24, 2.45) is 11.7 Å². The third-order valence-corrected chi connectivity index (χ3v) is 6.01. The summed E-state index contributed by atoms with van der Waals surface area (Å²) in [5, 5.41) is 2.17. The SMILES string of the molecule is NCC1CCC(C(=O)N2CCc3sccc3C2C2CC2)O1. The van der Waals surface area contributed by atoms with Gasteiger partial charge in [0.2, 0.25) is 0 Å². The number of fused-ring (bicyclic) bond motifs is 1. The van der Waals surface area contributed by atoms with Crippen molar-refractivity contribution in [3.63, 3.8) is 0 Å². The van der Waals surface area contributed by atoms with E-state index in [2.05, 4.69) is 16.3 Å². The Morgan fingerprint density at radius 1 is 1.38 bits per heavy atom. The molecule has 1 amide bonds. The first-order chi connectivity index (χ1) is 10.3. The molecule has 2 fully saturated rings. The van der Waals surface area contributed by atoms with Gasteiger partial charge >= 0.3 is 0 Å². The van der Waals surface area contributed by atoms with Crippen molar-refractivity contribution in [1.82, 2.24) is 4.90 Å². The fourth-order valence-electron chi connectivity index (χ4n) is 3.76. The first kappa shape index (κ1) is 13.7. The number of hydrogen-bond acceptors (Lipinski definition) is 4. The van der Waals surface area contributed by atoms with E-state index in [4.69, 9.17) is 10.5 Å². The topological polar surface area (TPSA) is 55.6 Å². The lowest BCUT2D eigenvalue weighted by Gasteiger charge is -2.37. The van der Waals surface area contributed by atoms with Crippen LogP contribution in [0, 0.1) is 5.92 Å². The number of thiophene rings is 1. The summed E-state index contributed by atoms with van der Waals surface area (Å²) in [6.45, 7) is 1.37. The molecule has 3 unspecified atom stereocenters. The van der Waals surface area contributed by atoms with Gasteiger partial charge in [-0.1, -0.05) is 0 Å². The highest BCUT2D eigenvalue weighted by Gasteiger charge is 2.44. The maximum Gasteiger partial charge on any atom is 0.252 e. The van der Waals surface area contributed by atoms with E-state index in [-0.39, 0.29) is 18.1 Å². The number of hydrogen-bond donors (Lipinski definition) is 1. The van der Waals surface area contributed by atoms with Crippen molar-refractivity contribution in [3.8, 4) is 0 Å². The van der Waals surface area contributed by atoms with Gasteiger partial charge in [-0.3, -0.25) is 4.79 Å². The minimum atomic E-state index is -0.264. The average molecular weight is 306 g/mol. The Morgan fingerprint density at radius 2 is 2.24 bits per heavy atom. The monoisotopic (exact) mass is 306 g/mol. The van der Waals surface area contributed by atoms with Crippen LogP contribution in [-0.4, -0.2) is 36.1 Å². The van der Waals surface area contributed by atoms with E-state index in [1.54, 1.807) is 0 Å². The maximum absolute atomic E-state index is 12.9. The van der Waals surface area contributed by atoms with Crippen LogP contribution in [0.25, 0.3) is 0 Å². The number of ether oxygens (including phenoxy) is 1. The molecule has 1 saturated carbocycles. The lowest BCUT2D eigenvalue weighted by atomic mass is 9.95. The summed E-state index contributed by atoms with van der Waals surface area (Å²) in [5.41, 5.74) is 7.06. The molecule has 0 spiro atoms. The molecule has 3 aliphatic rings. The zero-order chi connectivity index (χ0) is 14.4. The zero-order valence-electron chi connectivity index (χ0n) is 12.2. The second-order valence-corrected chi connectivity index (χ2v) is 7.42. The number of rotatable bonds is 3. The summed E-state index contributed by atoms with van der Waals surface area (Å²) >= 11 is 1.84. The standard InChI is InChI=1S/C16H22N2O2S/c17-9-11-3-4-13(20-11)16(19)18-7-5-14-12(6-8-21-14)15(18)10-1-2-10/h6,8,10-11,13,15H,1-5,7,9,17H2. The Bertz CT molecular complexity index is 540. The van der Waals surface area contributed by atoms with Crippen LogP contribution in [0.5, 0.6) is 0 Å². The summed E-state index contributed by atoms with van der Waals surface area (Å²) in [5.74, 6) is 0.856. The largest absolute Gasteiger partial charge is 0.364 e. The minimum absolute atomic E-state index is 0.0693. The number of carbonyl (C=O) groups is 1. The molecule has 1 aliphatic carbocycles. The first-order valence-electron chi connectivity index (χ1n) is 8.00. The van der Waals surface area contributed by atoms with Gasteiger partial charge in [0, 0.05) is 18.0 Å². The van der Waals surface area contributed by atoms with Crippen molar-refractivity contribution in [1.29, 1.82) is 0 Å². The van der Waals surface area contributed by atoms with E-state index in [1.165, 1.54) is 23.3 Å². The Kier molecular flexibility index (Phi) is 3.52. The molecular weight excluding hydrogens is 284 g/mol. The molecule has 3 atom stereocenters. The molecule has 1 aromatic rings. The summed E-state index contributed by atoms with van der Waals surface area (Å²) in [4.78, 5) is 16.5. The van der Waals surface area contributed by atoms with Crippen molar-refractivity contribution < 1.29 is 9.53 Å². The molecule has 114 valence electrons. The predicted octanol–water partition coefficient (Wildman–Crippen LogP) is 2.09. The molecule has 5 heteroatoms. The highest BCUT2D eigenvalue weighted by molar-refractivity contribution is 7.10. The van der Waals surface area contributed by atoms with E-state index in [0.29, 0.717) is 18.5 Å². The third-order valence-electron chi connectivity index (χ3n) is 5.01. The summed E-state index contributed by atoms with van der Waals surface area (Å²) in [6.07, 6.45) is 5.04. The van der Waals surface area contributed by atoms with E-state index in [9.17, 15) is 4.79 Å². The second kappa shape index (κ2) is 5.38. The van der Waals surface area contributed by atoms with Gasteiger partial charge in [-0.2, -0.15) is 0 Å². The fourth-order valence-corrected chi connectivity index (χ4v) is 4.67.